The Bertz CT molecular complexity index is 367. The Kier molecular flexibility index (Phi) is 2.92. The van der Waals surface area contributed by atoms with Gasteiger partial charge < -0.3 is 5.32 Å². The van der Waals surface area contributed by atoms with E-state index in [4.69, 9.17) is 0 Å². The third kappa shape index (κ3) is 1.99. The molecule has 1 saturated carbocycles. The van der Waals surface area contributed by atoms with Crippen molar-refractivity contribution in [1.82, 2.24) is 10.3 Å². The van der Waals surface area contributed by atoms with E-state index in [-0.39, 0.29) is 0 Å². The lowest BCUT2D eigenvalue weighted by Gasteiger charge is -2.24. The number of pyridine rings is 1. The second kappa shape index (κ2) is 4.54. The Labute approximate surface area is 97.5 Å². The van der Waals surface area contributed by atoms with E-state index in [2.05, 4.69) is 22.6 Å². The van der Waals surface area contributed by atoms with Gasteiger partial charge in [0.1, 0.15) is 0 Å². The van der Waals surface area contributed by atoms with E-state index in [0.29, 0.717) is 0 Å². The summed E-state index contributed by atoms with van der Waals surface area (Å²) in [6, 6.07) is 2.41. The van der Waals surface area contributed by atoms with E-state index in [9.17, 15) is 0 Å². The van der Waals surface area contributed by atoms with Crippen LogP contribution in [0.1, 0.15) is 54.8 Å². The van der Waals surface area contributed by atoms with E-state index in [1.54, 1.807) is 0 Å². The number of nitrogens with one attached hydrogen (secondary N) is 1. The summed E-state index contributed by atoms with van der Waals surface area (Å²) < 4.78 is 0. The minimum Gasteiger partial charge on any atom is -0.312 e. The van der Waals surface area contributed by atoms with Crippen LogP contribution in [0.15, 0.2) is 12.3 Å². The molecule has 1 aliphatic heterocycles. The van der Waals surface area contributed by atoms with Gasteiger partial charge in [-0.25, -0.2) is 0 Å². The monoisotopic (exact) mass is 216 g/mol. The Morgan fingerprint density at radius 3 is 2.94 bits per heavy atom. The number of hydrogen-bond acceptors (Lipinski definition) is 2. The van der Waals surface area contributed by atoms with Crippen molar-refractivity contribution in [2.45, 2.75) is 51.0 Å². The molecule has 0 spiro atoms. The molecule has 0 saturated heterocycles. The van der Waals surface area contributed by atoms with Crippen LogP contribution in [0.3, 0.4) is 0 Å². The summed E-state index contributed by atoms with van der Waals surface area (Å²) in [6.07, 6.45) is 10.2. The lowest BCUT2D eigenvalue weighted by molar-refractivity contribution is 0.442. The highest BCUT2D eigenvalue weighted by Crippen LogP contribution is 2.33. The zero-order valence-corrected chi connectivity index (χ0v) is 9.84. The summed E-state index contributed by atoms with van der Waals surface area (Å²) >= 11 is 0. The first-order valence-electron chi connectivity index (χ1n) is 6.62. The number of hydrogen-bond donors (Lipinski definition) is 1. The van der Waals surface area contributed by atoms with E-state index < -0.39 is 0 Å². The Morgan fingerprint density at radius 2 is 2.06 bits per heavy atom. The lowest BCUT2D eigenvalue weighted by Crippen LogP contribution is -2.24. The molecule has 0 aromatic carbocycles. The molecule has 2 heteroatoms. The second-order valence-electron chi connectivity index (χ2n) is 5.14. The van der Waals surface area contributed by atoms with Gasteiger partial charge in [0.05, 0.1) is 0 Å². The summed E-state index contributed by atoms with van der Waals surface area (Å²) in [7, 11) is 0. The Hall–Kier alpha value is -0.890. The molecule has 1 aliphatic carbocycles. The number of nitrogens with zero attached hydrogens (tertiary/aromatic N) is 1. The van der Waals surface area contributed by atoms with Gasteiger partial charge in [-0.15, -0.1) is 0 Å². The van der Waals surface area contributed by atoms with Crippen LogP contribution >= 0.6 is 0 Å². The maximum absolute atomic E-state index is 4.65. The van der Waals surface area contributed by atoms with E-state index in [1.807, 2.05) is 0 Å². The van der Waals surface area contributed by atoms with Crippen LogP contribution in [-0.2, 0) is 13.0 Å². The zero-order chi connectivity index (χ0) is 10.8. The van der Waals surface area contributed by atoms with Crippen LogP contribution in [0.5, 0.6) is 0 Å². The highest BCUT2D eigenvalue weighted by molar-refractivity contribution is 5.29. The van der Waals surface area contributed by atoms with Crippen molar-refractivity contribution in [3.8, 4) is 0 Å². The Morgan fingerprint density at radius 1 is 1.19 bits per heavy atom. The van der Waals surface area contributed by atoms with Crippen molar-refractivity contribution in [1.29, 1.82) is 0 Å². The van der Waals surface area contributed by atoms with Crippen molar-refractivity contribution < 1.29 is 0 Å². The van der Waals surface area contributed by atoms with Crippen molar-refractivity contribution in [2.75, 3.05) is 6.54 Å². The molecule has 2 aliphatic rings. The molecular weight excluding hydrogens is 196 g/mol. The molecule has 0 bridgehead atoms. The molecule has 0 amide bonds. The minimum absolute atomic E-state index is 0.786. The SMILES string of the molecule is c1nc2c(cc1C1CCCCC1)CNCC2. The molecule has 1 aromatic heterocycles. The van der Waals surface area contributed by atoms with Gasteiger partial charge >= 0.3 is 0 Å². The molecule has 16 heavy (non-hydrogen) atoms. The molecule has 1 N–H and O–H groups in total. The average molecular weight is 216 g/mol. The van der Waals surface area contributed by atoms with Crippen LogP contribution in [-0.4, -0.2) is 11.5 Å². The molecule has 0 atom stereocenters. The van der Waals surface area contributed by atoms with Gasteiger partial charge in [0.2, 0.25) is 0 Å². The predicted octanol–water partition coefficient (Wildman–Crippen LogP) is 2.78. The van der Waals surface area contributed by atoms with Crippen molar-refractivity contribution >= 4 is 0 Å². The second-order valence-corrected chi connectivity index (χ2v) is 5.14. The van der Waals surface area contributed by atoms with E-state index >= 15 is 0 Å². The molecule has 0 radical (unpaired) electrons. The highest BCUT2D eigenvalue weighted by Gasteiger charge is 2.18. The summed E-state index contributed by atoms with van der Waals surface area (Å²) in [5, 5.41) is 3.43. The standard InChI is InChI=1S/C14H20N2/c1-2-4-11(5-3-1)12-8-13-9-15-7-6-14(13)16-10-12/h8,10-11,15H,1-7,9H2. The third-order valence-electron chi connectivity index (χ3n) is 4.01. The van der Waals surface area contributed by atoms with Gasteiger partial charge in [-0.3, -0.25) is 4.98 Å². The molecule has 3 rings (SSSR count). The van der Waals surface area contributed by atoms with Crippen LogP contribution in [0.2, 0.25) is 0 Å². The fourth-order valence-electron chi connectivity index (χ4n) is 3.02. The average Bonchev–Trinajstić information content (AvgIpc) is 2.39. The van der Waals surface area contributed by atoms with Crippen LogP contribution < -0.4 is 5.32 Å². The van der Waals surface area contributed by atoms with Gasteiger partial charge in [-0.1, -0.05) is 25.3 Å². The largest absolute Gasteiger partial charge is 0.312 e. The lowest BCUT2D eigenvalue weighted by atomic mass is 9.84. The number of fused-ring (bicyclic) bond motifs is 1. The predicted molar refractivity (Wildman–Crippen MR) is 65.5 cm³/mol. The maximum Gasteiger partial charge on any atom is 0.0461 e. The fourth-order valence-corrected chi connectivity index (χ4v) is 3.02. The summed E-state index contributed by atoms with van der Waals surface area (Å²) in [5.74, 6) is 0.786. The minimum atomic E-state index is 0.786. The van der Waals surface area contributed by atoms with Gasteiger partial charge in [0, 0.05) is 31.4 Å². The first kappa shape index (κ1) is 10.3. The normalized spacial score (nSPS) is 21.8. The fraction of sp³-hybridized carbons (Fsp3) is 0.643. The molecule has 86 valence electrons. The van der Waals surface area contributed by atoms with E-state index in [1.165, 1.54) is 48.9 Å². The quantitative estimate of drug-likeness (QED) is 0.781. The molecular formula is C14H20N2. The number of aromatic nitrogens is 1. The molecule has 0 unspecified atom stereocenters. The van der Waals surface area contributed by atoms with Gasteiger partial charge in [-0.05, 0) is 29.9 Å². The Balaban J connectivity index is 1.84. The van der Waals surface area contributed by atoms with Crippen molar-refractivity contribution in [2.24, 2.45) is 0 Å². The van der Waals surface area contributed by atoms with Crippen LogP contribution in [0.4, 0.5) is 0 Å². The van der Waals surface area contributed by atoms with Gasteiger partial charge in [-0.2, -0.15) is 0 Å². The zero-order valence-electron chi connectivity index (χ0n) is 9.84. The van der Waals surface area contributed by atoms with Crippen molar-refractivity contribution in [3.63, 3.8) is 0 Å². The molecule has 1 fully saturated rings. The summed E-state index contributed by atoms with van der Waals surface area (Å²) in [4.78, 5) is 4.65. The molecule has 2 heterocycles. The topological polar surface area (TPSA) is 24.9 Å². The molecule has 2 nitrogen and oxygen atoms in total. The number of rotatable bonds is 1. The van der Waals surface area contributed by atoms with Gasteiger partial charge in [0.25, 0.3) is 0 Å². The highest BCUT2D eigenvalue weighted by atomic mass is 14.9. The van der Waals surface area contributed by atoms with Crippen molar-refractivity contribution in [3.05, 3.63) is 29.1 Å². The smallest absolute Gasteiger partial charge is 0.0461 e. The van der Waals surface area contributed by atoms with Crippen LogP contribution in [0.25, 0.3) is 0 Å². The summed E-state index contributed by atoms with van der Waals surface area (Å²) in [5.41, 5.74) is 4.25. The van der Waals surface area contributed by atoms with Crippen LogP contribution in [0, 0.1) is 0 Å². The maximum atomic E-state index is 4.65. The van der Waals surface area contributed by atoms with E-state index in [0.717, 1.165) is 25.4 Å². The molecule has 1 aromatic rings. The first-order valence-corrected chi connectivity index (χ1v) is 6.62. The summed E-state index contributed by atoms with van der Waals surface area (Å²) in [6.45, 7) is 2.10. The first-order chi connectivity index (χ1) is 7.93. The third-order valence-corrected chi connectivity index (χ3v) is 4.01. The van der Waals surface area contributed by atoms with Gasteiger partial charge in [0.15, 0.2) is 0 Å².